The first-order chi connectivity index (χ1) is 13.4. The molecule has 2 aromatic rings. The molecule has 28 heavy (non-hydrogen) atoms. The van der Waals surface area contributed by atoms with E-state index in [2.05, 4.69) is 68.2 Å². The summed E-state index contributed by atoms with van der Waals surface area (Å²) in [7, 11) is 0. The molecule has 0 spiro atoms. The number of nitrogens with zero attached hydrogens (tertiary/aromatic N) is 1. The molecule has 4 heteroatoms. The molecular weight excluding hydrogens is 346 g/mol. The van der Waals surface area contributed by atoms with Gasteiger partial charge in [0, 0.05) is 30.7 Å². The maximum atomic E-state index is 12.9. The Hall–Kier alpha value is -2.17. The zero-order valence-electron chi connectivity index (χ0n) is 17.5. The average Bonchev–Trinajstić information content (AvgIpc) is 3.02. The van der Waals surface area contributed by atoms with Gasteiger partial charge in [0.15, 0.2) is 0 Å². The first-order valence-corrected chi connectivity index (χ1v) is 10.3. The van der Waals surface area contributed by atoms with Crippen LogP contribution in [0, 0.1) is 0 Å². The molecule has 3 N–H and O–H groups in total. The van der Waals surface area contributed by atoms with E-state index in [1.807, 2.05) is 18.2 Å². The van der Waals surface area contributed by atoms with Crippen LogP contribution in [0.4, 0.5) is 5.69 Å². The highest BCUT2D eigenvalue weighted by Crippen LogP contribution is 2.32. The number of amides is 1. The van der Waals surface area contributed by atoms with Crippen molar-refractivity contribution in [2.75, 3.05) is 25.0 Å². The molecule has 1 heterocycles. The molecule has 0 bridgehead atoms. The Kier molecular flexibility index (Phi) is 6.53. The van der Waals surface area contributed by atoms with Crippen LogP contribution in [-0.4, -0.2) is 36.5 Å². The van der Waals surface area contributed by atoms with Gasteiger partial charge in [-0.3, -0.25) is 9.69 Å². The van der Waals surface area contributed by atoms with Gasteiger partial charge in [0.25, 0.3) is 0 Å². The zero-order chi connectivity index (χ0) is 20.3. The van der Waals surface area contributed by atoms with Crippen LogP contribution >= 0.6 is 0 Å². The maximum Gasteiger partial charge on any atom is 0.238 e. The van der Waals surface area contributed by atoms with Crippen LogP contribution in [0.15, 0.2) is 48.5 Å². The van der Waals surface area contributed by atoms with Crippen LogP contribution in [0.1, 0.15) is 62.1 Å². The largest absolute Gasteiger partial charge is 0.326 e. The van der Waals surface area contributed by atoms with Gasteiger partial charge in [-0.15, -0.1) is 0 Å². The summed E-state index contributed by atoms with van der Waals surface area (Å²) in [5.41, 5.74) is 11.0. The summed E-state index contributed by atoms with van der Waals surface area (Å²) < 4.78 is 0. The molecule has 2 atom stereocenters. The number of rotatable bonds is 6. The van der Waals surface area contributed by atoms with Crippen LogP contribution in [0.2, 0.25) is 0 Å². The molecule has 0 radical (unpaired) electrons. The Bertz CT molecular complexity index is 775. The van der Waals surface area contributed by atoms with Crippen molar-refractivity contribution in [3.63, 3.8) is 0 Å². The molecule has 0 saturated carbocycles. The Morgan fingerprint density at radius 3 is 2.18 bits per heavy atom. The lowest BCUT2D eigenvalue weighted by Gasteiger charge is -2.22. The van der Waals surface area contributed by atoms with Crippen molar-refractivity contribution in [1.29, 1.82) is 0 Å². The normalized spacial score (nSPS) is 20.1. The van der Waals surface area contributed by atoms with Crippen molar-refractivity contribution < 1.29 is 4.79 Å². The Morgan fingerprint density at radius 2 is 1.61 bits per heavy atom. The second-order valence-electron chi connectivity index (χ2n) is 8.54. The lowest BCUT2D eigenvalue weighted by Crippen LogP contribution is -2.34. The summed E-state index contributed by atoms with van der Waals surface area (Å²) in [6.07, 6.45) is 0. The number of nitrogens with two attached hydrogens (primary N) is 1. The smallest absolute Gasteiger partial charge is 0.238 e. The highest BCUT2D eigenvalue weighted by molar-refractivity contribution is 5.94. The van der Waals surface area contributed by atoms with Gasteiger partial charge in [-0.2, -0.15) is 0 Å². The van der Waals surface area contributed by atoms with Gasteiger partial charge in [-0.25, -0.2) is 0 Å². The molecule has 1 aliphatic heterocycles. The first-order valence-electron chi connectivity index (χ1n) is 10.3. The minimum absolute atomic E-state index is 0.0379. The fourth-order valence-corrected chi connectivity index (χ4v) is 4.17. The number of anilines is 1. The predicted molar refractivity (Wildman–Crippen MR) is 117 cm³/mol. The Balaban J connectivity index is 1.70. The third-order valence-corrected chi connectivity index (χ3v) is 5.67. The first kappa shape index (κ1) is 20.6. The lowest BCUT2D eigenvalue weighted by atomic mass is 9.92. The molecular formula is C24H33N3O. The van der Waals surface area contributed by atoms with E-state index < -0.39 is 0 Å². The fourth-order valence-electron chi connectivity index (χ4n) is 4.17. The predicted octanol–water partition coefficient (Wildman–Crippen LogP) is 4.30. The molecule has 1 fully saturated rings. The average molecular weight is 380 g/mol. The van der Waals surface area contributed by atoms with Gasteiger partial charge >= 0.3 is 0 Å². The van der Waals surface area contributed by atoms with Crippen molar-refractivity contribution in [3.05, 3.63) is 65.2 Å². The molecule has 2 aromatic carbocycles. The second kappa shape index (κ2) is 8.89. The van der Waals surface area contributed by atoms with E-state index in [-0.39, 0.29) is 17.9 Å². The lowest BCUT2D eigenvalue weighted by molar-refractivity contribution is -0.117. The minimum Gasteiger partial charge on any atom is -0.326 e. The summed E-state index contributed by atoms with van der Waals surface area (Å²) in [6.45, 7) is 10.6. The number of para-hydroxylation sites is 1. The molecule has 0 aromatic heterocycles. The summed E-state index contributed by atoms with van der Waals surface area (Å²) in [4.78, 5) is 15.0. The van der Waals surface area contributed by atoms with Crippen molar-refractivity contribution in [3.8, 4) is 0 Å². The minimum atomic E-state index is 0.0379. The molecule has 150 valence electrons. The number of nitrogens with one attached hydrogen (secondary N) is 1. The molecule has 3 rings (SSSR count). The van der Waals surface area contributed by atoms with Gasteiger partial charge < -0.3 is 11.1 Å². The number of hydrogen-bond acceptors (Lipinski definition) is 3. The van der Waals surface area contributed by atoms with E-state index in [4.69, 9.17) is 5.73 Å². The van der Waals surface area contributed by atoms with E-state index in [1.165, 1.54) is 16.7 Å². The number of carbonyl (C=O) groups is 1. The van der Waals surface area contributed by atoms with Gasteiger partial charge in [0.05, 0.1) is 6.54 Å². The van der Waals surface area contributed by atoms with Gasteiger partial charge in [0.1, 0.15) is 0 Å². The summed E-state index contributed by atoms with van der Waals surface area (Å²) in [5.74, 6) is 1.03. The molecule has 4 nitrogen and oxygen atoms in total. The van der Waals surface area contributed by atoms with Crippen molar-refractivity contribution in [1.82, 2.24) is 4.90 Å². The van der Waals surface area contributed by atoms with E-state index in [9.17, 15) is 4.79 Å². The van der Waals surface area contributed by atoms with Crippen molar-refractivity contribution >= 4 is 11.6 Å². The monoisotopic (exact) mass is 379 g/mol. The van der Waals surface area contributed by atoms with E-state index >= 15 is 0 Å². The molecule has 1 amide bonds. The van der Waals surface area contributed by atoms with Gasteiger partial charge in [0.2, 0.25) is 5.91 Å². The number of benzene rings is 2. The van der Waals surface area contributed by atoms with Crippen LogP contribution < -0.4 is 11.1 Å². The standard InChI is InChI=1S/C24H33N3O/c1-16(2)19-11-8-12-20(17(3)4)24(19)26-23(28)15-27-13-21(22(25)14-27)18-9-6-5-7-10-18/h5-12,16-17,21-22H,13-15,25H2,1-4H3,(H,26,28)/t21-,22+/m0/s1. The Morgan fingerprint density at radius 1 is 1.00 bits per heavy atom. The second-order valence-corrected chi connectivity index (χ2v) is 8.54. The molecule has 0 aliphatic carbocycles. The maximum absolute atomic E-state index is 12.9. The van der Waals surface area contributed by atoms with Crippen LogP contribution in [0.5, 0.6) is 0 Å². The van der Waals surface area contributed by atoms with Crippen LogP contribution in [0.3, 0.4) is 0 Å². The van der Waals surface area contributed by atoms with Crippen molar-refractivity contribution in [2.24, 2.45) is 5.73 Å². The molecule has 1 aliphatic rings. The number of carbonyl (C=O) groups excluding carboxylic acids is 1. The third kappa shape index (κ3) is 4.62. The SMILES string of the molecule is CC(C)c1cccc(C(C)C)c1NC(=O)CN1C[C@@H](N)[C@H](c2ccccc2)C1. The number of likely N-dealkylation sites (tertiary alicyclic amines) is 1. The van der Waals surface area contributed by atoms with E-state index in [1.54, 1.807) is 0 Å². The summed E-state index contributed by atoms with van der Waals surface area (Å²) >= 11 is 0. The fraction of sp³-hybridized carbons (Fsp3) is 0.458. The van der Waals surface area contributed by atoms with Gasteiger partial charge in [-0.05, 0) is 28.5 Å². The topological polar surface area (TPSA) is 58.4 Å². The van der Waals surface area contributed by atoms with Crippen LogP contribution in [0.25, 0.3) is 0 Å². The number of hydrogen-bond donors (Lipinski definition) is 2. The van der Waals surface area contributed by atoms with Gasteiger partial charge in [-0.1, -0.05) is 76.2 Å². The summed E-state index contributed by atoms with van der Waals surface area (Å²) in [5, 5.41) is 3.22. The highest BCUT2D eigenvalue weighted by atomic mass is 16.2. The molecule has 0 unspecified atom stereocenters. The van der Waals surface area contributed by atoms with Crippen molar-refractivity contribution in [2.45, 2.75) is 51.5 Å². The van der Waals surface area contributed by atoms with Crippen LogP contribution in [-0.2, 0) is 4.79 Å². The highest BCUT2D eigenvalue weighted by Gasteiger charge is 2.32. The van der Waals surface area contributed by atoms with E-state index in [0.717, 1.165) is 18.8 Å². The summed E-state index contributed by atoms with van der Waals surface area (Å²) in [6, 6.07) is 16.7. The molecule has 1 saturated heterocycles. The quantitative estimate of drug-likeness (QED) is 0.787. The zero-order valence-corrected chi connectivity index (χ0v) is 17.5. The third-order valence-electron chi connectivity index (χ3n) is 5.67. The Labute approximate surface area is 169 Å². The van der Waals surface area contributed by atoms with E-state index in [0.29, 0.717) is 18.4 Å².